The van der Waals surface area contributed by atoms with Gasteiger partial charge in [-0.15, -0.1) is 0 Å². The third-order valence-electron chi connectivity index (χ3n) is 4.91. The summed E-state index contributed by atoms with van der Waals surface area (Å²) in [5.41, 5.74) is 4.73. The third-order valence-corrected chi connectivity index (χ3v) is 5.11. The van der Waals surface area contributed by atoms with E-state index in [0.717, 1.165) is 5.56 Å². The zero-order valence-electron chi connectivity index (χ0n) is 13.5. The van der Waals surface area contributed by atoms with Crippen LogP contribution in [-0.4, -0.2) is 11.0 Å². The summed E-state index contributed by atoms with van der Waals surface area (Å²) in [6.07, 6.45) is 4.24. The van der Waals surface area contributed by atoms with Gasteiger partial charge in [-0.1, -0.05) is 45.9 Å². The maximum atomic E-state index is 11.8. The highest BCUT2D eigenvalue weighted by molar-refractivity contribution is 7.80. The SMILES string of the molecule is CC1(C)CCC(C)(C)c2cc(/C=C3/NC(=S)NC3=O)ccc21. The first kappa shape index (κ1) is 15.2. The van der Waals surface area contributed by atoms with E-state index in [4.69, 9.17) is 12.2 Å². The second-order valence-corrected chi connectivity index (χ2v) is 7.95. The van der Waals surface area contributed by atoms with E-state index in [2.05, 4.69) is 56.5 Å². The van der Waals surface area contributed by atoms with Crippen molar-refractivity contribution in [3.8, 4) is 0 Å². The second-order valence-electron chi connectivity index (χ2n) is 7.54. The summed E-state index contributed by atoms with van der Waals surface area (Å²) in [5, 5.41) is 5.86. The lowest BCUT2D eigenvalue weighted by Gasteiger charge is -2.42. The van der Waals surface area contributed by atoms with Gasteiger partial charge in [0.05, 0.1) is 0 Å². The molecule has 0 unspecified atom stereocenters. The van der Waals surface area contributed by atoms with Gasteiger partial charge in [0.25, 0.3) is 5.91 Å². The van der Waals surface area contributed by atoms with Crippen molar-refractivity contribution in [2.75, 3.05) is 0 Å². The predicted molar refractivity (Wildman–Crippen MR) is 93.6 cm³/mol. The maximum Gasteiger partial charge on any atom is 0.273 e. The quantitative estimate of drug-likeness (QED) is 0.617. The van der Waals surface area contributed by atoms with Gasteiger partial charge in [0.1, 0.15) is 5.70 Å². The van der Waals surface area contributed by atoms with E-state index in [0.29, 0.717) is 10.8 Å². The van der Waals surface area contributed by atoms with Crippen molar-refractivity contribution in [1.29, 1.82) is 0 Å². The molecule has 0 bridgehead atoms. The largest absolute Gasteiger partial charge is 0.328 e. The van der Waals surface area contributed by atoms with E-state index in [1.54, 1.807) is 0 Å². The van der Waals surface area contributed by atoms with Gasteiger partial charge in [-0.3, -0.25) is 10.1 Å². The molecule has 0 radical (unpaired) electrons. The van der Waals surface area contributed by atoms with Crippen molar-refractivity contribution in [2.45, 2.75) is 51.4 Å². The molecule has 2 aliphatic rings. The van der Waals surface area contributed by atoms with Gasteiger partial charge in [-0.2, -0.15) is 0 Å². The van der Waals surface area contributed by atoms with Crippen molar-refractivity contribution in [2.24, 2.45) is 0 Å². The number of hydrogen-bond acceptors (Lipinski definition) is 2. The van der Waals surface area contributed by atoms with Gasteiger partial charge >= 0.3 is 0 Å². The Morgan fingerprint density at radius 3 is 2.27 bits per heavy atom. The number of carbonyl (C=O) groups is 1. The number of carbonyl (C=O) groups excluding carboxylic acids is 1. The van der Waals surface area contributed by atoms with Crippen LogP contribution in [0.4, 0.5) is 0 Å². The number of amides is 1. The Hall–Kier alpha value is -1.68. The Labute approximate surface area is 137 Å². The molecule has 3 nitrogen and oxygen atoms in total. The molecule has 0 atom stereocenters. The number of rotatable bonds is 1. The van der Waals surface area contributed by atoms with Gasteiger partial charge in [0.15, 0.2) is 5.11 Å². The summed E-state index contributed by atoms with van der Waals surface area (Å²) in [5.74, 6) is -0.165. The lowest BCUT2D eigenvalue weighted by molar-refractivity contribution is -0.115. The van der Waals surface area contributed by atoms with Crippen LogP contribution in [0, 0.1) is 0 Å². The fourth-order valence-electron chi connectivity index (χ4n) is 3.35. The normalized spacial score (nSPS) is 23.9. The summed E-state index contributed by atoms with van der Waals surface area (Å²) < 4.78 is 0. The van der Waals surface area contributed by atoms with Crippen molar-refractivity contribution in [1.82, 2.24) is 10.6 Å². The standard InChI is InChI=1S/C18H22N2OS/c1-17(2)7-8-18(3,4)13-9-11(5-6-12(13)17)10-14-15(21)20-16(22)19-14/h5-6,9-10H,7-8H2,1-4H3,(H2,19,20,21,22)/b14-10+. The molecule has 1 heterocycles. The molecule has 0 saturated carbocycles. The maximum absolute atomic E-state index is 11.8. The van der Waals surface area contributed by atoms with E-state index >= 15 is 0 Å². The fraction of sp³-hybridized carbons (Fsp3) is 0.444. The van der Waals surface area contributed by atoms with Crippen LogP contribution in [0.15, 0.2) is 23.9 Å². The third kappa shape index (κ3) is 2.56. The fourth-order valence-corrected chi connectivity index (χ4v) is 3.55. The molecule has 22 heavy (non-hydrogen) atoms. The first-order valence-corrected chi connectivity index (χ1v) is 8.09. The van der Waals surface area contributed by atoms with Crippen LogP contribution < -0.4 is 10.6 Å². The number of thiocarbonyl (C=S) groups is 1. The van der Waals surface area contributed by atoms with Gasteiger partial charge in [0.2, 0.25) is 0 Å². The number of hydrogen-bond donors (Lipinski definition) is 2. The average Bonchev–Trinajstić information content (AvgIpc) is 2.73. The van der Waals surface area contributed by atoms with E-state index < -0.39 is 0 Å². The minimum atomic E-state index is -0.165. The highest BCUT2D eigenvalue weighted by Crippen LogP contribution is 2.46. The molecule has 0 spiro atoms. The molecule has 1 saturated heterocycles. The summed E-state index contributed by atoms with van der Waals surface area (Å²) in [6, 6.07) is 6.53. The van der Waals surface area contributed by atoms with Crippen LogP contribution in [0.5, 0.6) is 0 Å². The zero-order valence-corrected chi connectivity index (χ0v) is 14.4. The molecule has 1 aromatic carbocycles. The summed E-state index contributed by atoms with van der Waals surface area (Å²) in [7, 11) is 0. The average molecular weight is 314 g/mol. The molecular weight excluding hydrogens is 292 g/mol. The molecule has 116 valence electrons. The van der Waals surface area contributed by atoms with Crippen LogP contribution in [0.25, 0.3) is 6.08 Å². The molecule has 0 aromatic heterocycles. The number of nitrogens with one attached hydrogen (secondary N) is 2. The Morgan fingerprint density at radius 2 is 1.68 bits per heavy atom. The monoisotopic (exact) mass is 314 g/mol. The molecule has 2 N–H and O–H groups in total. The van der Waals surface area contributed by atoms with E-state index in [1.165, 1.54) is 24.0 Å². The molecule has 1 amide bonds. The Balaban J connectivity index is 2.05. The Kier molecular flexibility index (Phi) is 3.40. The number of fused-ring (bicyclic) bond motifs is 1. The van der Waals surface area contributed by atoms with E-state index in [9.17, 15) is 4.79 Å². The summed E-state index contributed by atoms with van der Waals surface area (Å²) >= 11 is 4.97. The smallest absolute Gasteiger partial charge is 0.273 e. The van der Waals surface area contributed by atoms with Crippen LogP contribution in [-0.2, 0) is 15.6 Å². The van der Waals surface area contributed by atoms with E-state index in [-0.39, 0.29) is 16.7 Å². The first-order valence-electron chi connectivity index (χ1n) is 7.68. The van der Waals surface area contributed by atoms with Crippen LogP contribution in [0.2, 0.25) is 0 Å². The van der Waals surface area contributed by atoms with Crippen molar-refractivity contribution in [3.05, 3.63) is 40.6 Å². The topological polar surface area (TPSA) is 41.1 Å². The van der Waals surface area contributed by atoms with Crippen molar-refractivity contribution < 1.29 is 4.79 Å². The van der Waals surface area contributed by atoms with Crippen LogP contribution >= 0.6 is 12.2 Å². The Morgan fingerprint density at radius 1 is 1.05 bits per heavy atom. The van der Waals surface area contributed by atoms with Crippen molar-refractivity contribution in [3.63, 3.8) is 0 Å². The predicted octanol–water partition coefficient (Wildman–Crippen LogP) is 3.38. The minimum Gasteiger partial charge on any atom is -0.328 e. The molecule has 1 aliphatic carbocycles. The zero-order chi connectivity index (χ0) is 16.1. The highest BCUT2D eigenvalue weighted by atomic mass is 32.1. The van der Waals surface area contributed by atoms with Crippen LogP contribution in [0.3, 0.4) is 0 Å². The molecule has 1 aromatic rings. The van der Waals surface area contributed by atoms with Gasteiger partial charge in [-0.05, 0) is 58.7 Å². The lowest BCUT2D eigenvalue weighted by Crippen LogP contribution is -2.33. The van der Waals surface area contributed by atoms with Gasteiger partial charge < -0.3 is 5.32 Å². The van der Waals surface area contributed by atoms with Crippen molar-refractivity contribution >= 4 is 29.3 Å². The molecular formula is C18H22N2OS. The Bertz CT molecular complexity index is 701. The summed E-state index contributed by atoms with van der Waals surface area (Å²) in [4.78, 5) is 11.8. The molecule has 1 aliphatic heterocycles. The molecule has 4 heteroatoms. The van der Waals surface area contributed by atoms with Crippen LogP contribution in [0.1, 0.15) is 57.2 Å². The minimum absolute atomic E-state index is 0.165. The van der Waals surface area contributed by atoms with Gasteiger partial charge in [0, 0.05) is 0 Å². The first-order chi connectivity index (χ1) is 10.2. The van der Waals surface area contributed by atoms with E-state index in [1.807, 2.05) is 6.08 Å². The summed E-state index contributed by atoms with van der Waals surface area (Å²) in [6.45, 7) is 9.22. The van der Waals surface area contributed by atoms with Gasteiger partial charge in [-0.25, -0.2) is 0 Å². The molecule has 3 rings (SSSR count). The lowest BCUT2D eigenvalue weighted by atomic mass is 9.63. The highest BCUT2D eigenvalue weighted by Gasteiger charge is 2.36. The number of benzene rings is 1. The molecule has 1 fully saturated rings. The second kappa shape index (κ2) is 4.92.